The molecule has 4 heterocycles. The lowest BCUT2D eigenvalue weighted by Gasteiger charge is -2.28. The Labute approximate surface area is 216 Å². The first-order chi connectivity index (χ1) is 18.0. The van der Waals surface area contributed by atoms with Crippen LogP contribution in [0.3, 0.4) is 0 Å². The van der Waals surface area contributed by atoms with Crippen molar-refractivity contribution in [3.05, 3.63) is 70.9 Å². The second kappa shape index (κ2) is 8.96. The minimum absolute atomic E-state index is 0.131. The van der Waals surface area contributed by atoms with Crippen LogP contribution in [0.25, 0.3) is 11.2 Å². The number of piperidine rings is 1. The van der Waals surface area contributed by atoms with Gasteiger partial charge in [0.1, 0.15) is 11.5 Å². The molecule has 37 heavy (non-hydrogen) atoms. The Balaban J connectivity index is 1.25. The fraction of sp³-hybridized carbons (Fsp3) is 0.448. The van der Waals surface area contributed by atoms with Crippen molar-refractivity contribution in [2.24, 2.45) is 0 Å². The number of anilines is 1. The Bertz CT molecular complexity index is 1400. The van der Waals surface area contributed by atoms with Crippen LogP contribution in [0.2, 0.25) is 0 Å². The fourth-order valence-electron chi connectivity index (χ4n) is 5.78. The van der Waals surface area contributed by atoms with Gasteiger partial charge in [-0.05, 0) is 105 Å². The fourth-order valence-corrected chi connectivity index (χ4v) is 5.78. The number of benzene rings is 1. The van der Waals surface area contributed by atoms with Gasteiger partial charge in [0.2, 0.25) is 0 Å². The van der Waals surface area contributed by atoms with Crippen molar-refractivity contribution in [1.82, 2.24) is 25.0 Å². The Kier molecular flexibility index (Phi) is 5.55. The average molecular weight is 501 g/mol. The quantitative estimate of drug-likeness (QED) is 0.526. The number of nitrogens with one attached hydrogen (secondary N) is 2. The van der Waals surface area contributed by atoms with E-state index >= 15 is 0 Å². The molecule has 3 fully saturated rings. The zero-order valence-corrected chi connectivity index (χ0v) is 21.2. The highest BCUT2D eigenvalue weighted by atomic mass is 19.1. The van der Waals surface area contributed by atoms with E-state index in [-0.39, 0.29) is 17.5 Å². The van der Waals surface area contributed by atoms with E-state index in [1.165, 1.54) is 11.6 Å². The summed E-state index contributed by atoms with van der Waals surface area (Å²) in [4.78, 5) is 17.4. The van der Waals surface area contributed by atoms with Gasteiger partial charge in [0.05, 0.1) is 11.8 Å². The summed E-state index contributed by atoms with van der Waals surface area (Å²) in [6.45, 7) is 4.77. The molecule has 2 aliphatic carbocycles. The van der Waals surface area contributed by atoms with Crippen molar-refractivity contribution in [3.63, 3.8) is 0 Å². The smallest absolute Gasteiger partial charge is 0.254 e. The predicted octanol–water partition coefficient (Wildman–Crippen LogP) is 4.38. The van der Waals surface area contributed by atoms with Crippen LogP contribution in [0.4, 0.5) is 10.2 Å². The second-order valence-electron chi connectivity index (χ2n) is 11.1. The number of hydrazine groups is 1. The topological polar surface area (TPSA) is 64.9 Å². The van der Waals surface area contributed by atoms with Gasteiger partial charge in [0.25, 0.3) is 5.91 Å². The lowest BCUT2D eigenvalue weighted by Crippen LogP contribution is -2.37. The number of hydrogen-bond acceptors (Lipinski definition) is 5. The maximum atomic E-state index is 14.8. The number of imidazole rings is 1. The lowest BCUT2D eigenvalue weighted by atomic mass is 9.91. The molecule has 0 radical (unpaired) electrons. The minimum Gasteiger partial charge on any atom is -0.349 e. The predicted molar refractivity (Wildman–Crippen MR) is 142 cm³/mol. The molecule has 8 heteroatoms. The van der Waals surface area contributed by atoms with Gasteiger partial charge >= 0.3 is 0 Å². The largest absolute Gasteiger partial charge is 0.349 e. The van der Waals surface area contributed by atoms with E-state index in [0.717, 1.165) is 86.3 Å². The van der Waals surface area contributed by atoms with Gasteiger partial charge in [0, 0.05) is 31.0 Å². The van der Waals surface area contributed by atoms with E-state index in [4.69, 9.17) is 4.98 Å². The highest BCUT2D eigenvalue weighted by Crippen LogP contribution is 2.39. The van der Waals surface area contributed by atoms with Gasteiger partial charge in [0.15, 0.2) is 5.82 Å². The molecular formula is C29H33FN6O. The van der Waals surface area contributed by atoms with Crippen LogP contribution >= 0.6 is 0 Å². The summed E-state index contributed by atoms with van der Waals surface area (Å²) in [5.74, 6) is 0.801. The molecule has 2 saturated carbocycles. The van der Waals surface area contributed by atoms with Gasteiger partial charge in [-0.1, -0.05) is 6.07 Å². The Morgan fingerprint density at radius 2 is 1.92 bits per heavy atom. The van der Waals surface area contributed by atoms with Crippen LogP contribution in [0.1, 0.15) is 71.5 Å². The maximum Gasteiger partial charge on any atom is 0.254 e. The standard InChI is InChI=1S/C29H33FN6O/c1-18-12-26(30)25(29(37)33-22-3-4-22)13-24(18)21-16-35(23-5-6-23)36(17-21)28-14-32-27-7-2-20(15-34(27)28)19-8-10-31-11-9-19/h2,7,12-15,17,19,22-23,31H,3-6,8-11,16H2,1H3,(H,33,37). The monoisotopic (exact) mass is 500 g/mol. The molecule has 3 aromatic rings. The van der Waals surface area contributed by atoms with Crippen LogP contribution in [-0.2, 0) is 0 Å². The van der Waals surface area contributed by atoms with Crippen molar-refractivity contribution in [1.29, 1.82) is 0 Å². The van der Waals surface area contributed by atoms with Crippen molar-refractivity contribution < 1.29 is 9.18 Å². The molecule has 0 bridgehead atoms. The Morgan fingerprint density at radius 1 is 1.11 bits per heavy atom. The van der Waals surface area contributed by atoms with Gasteiger partial charge in [-0.25, -0.2) is 14.4 Å². The highest BCUT2D eigenvalue weighted by molar-refractivity contribution is 5.96. The van der Waals surface area contributed by atoms with E-state index in [1.54, 1.807) is 6.07 Å². The van der Waals surface area contributed by atoms with Crippen molar-refractivity contribution in [2.75, 3.05) is 24.6 Å². The molecule has 0 atom stereocenters. The van der Waals surface area contributed by atoms with E-state index in [2.05, 4.69) is 49.6 Å². The number of halogens is 1. The number of carbonyl (C=O) groups excluding carboxylic acids is 1. The lowest BCUT2D eigenvalue weighted by molar-refractivity contribution is 0.0947. The maximum absolute atomic E-state index is 14.8. The molecule has 192 valence electrons. The SMILES string of the molecule is Cc1cc(F)c(C(=O)NC2CC2)cc1C1=CN(c2cnc3ccc(C4CCNCC4)cn23)N(C2CC2)C1. The van der Waals surface area contributed by atoms with Crippen LogP contribution in [0.5, 0.6) is 0 Å². The summed E-state index contributed by atoms with van der Waals surface area (Å²) in [5, 5.41) is 11.0. The minimum atomic E-state index is -0.457. The Morgan fingerprint density at radius 3 is 2.68 bits per heavy atom. The molecule has 7 rings (SSSR count). The van der Waals surface area contributed by atoms with Crippen LogP contribution in [0.15, 0.2) is 42.9 Å². The number of nitrogens with zero attached hydrogens (tertiary/aromatic N) is 4. The third-order valence-corrected chi connectivity index (χ3v) is 8.23. The number of hydrogen-bond donors (Lipinski definition) is 2. The first-order valence-electron chi connectivity index (χ1n) is 13.6. The molecule has 2 aromatic heterocycles. The van der Waals surface area contributed by atoms with Crippen LogP contribution in [0, 0.1) is 12.7 Å². The van der Waals surface area contributed by atoms with Crippen molar-refractivity contribution in [2.45, 2.75) is 63.5 Å². The summed E-state index contributed by atoms with van der Waals surface area (Å²) < 4.78 is 17.0. The molecule has 1 saturated heterocycles. The van der Waals surface area contributed by atoms with E-state index in [9.17, 15) is 9.18 Å². The molecule has 2 N–H and O–H groups in total. The number of carbonyl (C=O) groups is 1. The van der Waals surface area contributed by atoms with Gasteiger partial charge in [-0.3, -0.25) is 14.2 Å². The third kappa shape index (κ3) is 4.32. The van der Waals surface area contributed by atoms with Crippen LogP contribution < -0.4 is 15.6 Å². The average Bonchev–Trinajstić information content (AvgIpc) is 3.83. The number of amides is 1. The van der Waals surface area contributed by atoms with E-state index in [1.807, 2.05) is 13.1 Å². The molecule has 0 spiro atoms. The zero-order valence-electron chi connectivity index (χ0n) is 21.2. The van der Waals surface area contributed by atoms with E-state index < -0.39 is 5.82 Å². The van der Waals surface area contributed by atoms with Gasteiger partial charge in [-0.2, -0.15) is 0 Å². The Hall–Kier alpha value is -3.23. The molecule has 1 amide bonds. The number of aryl methyl sites for hydroxylation is 1. The molecule has 4 aliphatic rings. The van der Waals surface area contributed by atoms with Gasteiger partial charge in [-0.15, -0.1) is 0 Å². The first-order valence-corrected chi connectivity index (χ1v) is 13.6. The molecular weight excluding hydrogens is 467 g/mol. The number of rotatable bonds is 6. The molecule has 1 aromatic carbocycles. The van der Waals surface area contributed by atoms with Gasteiger partial charge < -0.3 is 10.6 Å². The van der Waals surface area contributed by atoms with Crippen molar-refractivity contribution >= 4 is 22.9 Å². The molecule has 7 nitrogen and oxygen atoms in total. The summed E-state index contributed by atoms with van der Waals surface area (Å²) in [6.07, 6.45) is 12.9. The van der Waals surface area contributed by atoms with E-state index in [0.29, 0.717) is 12.0 Å². The molecule has 0 unspecified atom stereocenters. The normalized spacial score (nSPS) is 21.0. The summed E-state index contributed by atoms with van der Waals surface area (Å²) in [5.41, 5.74) is 5.29. The van der Waals surface area contributed by atoms with Crippen LogP contribution in [-0.4, -0.2) is 52.0 Å². The summed E-state index contributed by atoms with van der Waals surface area (Å²) >= 11 is 0. The third-order valence-electron chi connectivity index (χ3n) is 8.23. The second-order valence-corrected chi connectivity index (χ2v) is 11.1. The number of pyridine rings is 1. The van der Waals surface area contributed by atoms with Crippen molar-refractivity contribution in [3.8, 4) is 0 Å². The summed E-state index contributed by atoms with van der Waals surface area (Å²) in [7, 11) is 0. The summed E-state index contributed by atoms with van der Waals surface area (Å²) in [6, 6.07) is 8.26. The highest BCUT2D eigenvalue weighted by Gasteiger charge is 2.38. The number of fused-ring (bicyclic) bond motifs is 1. The molecule has 2 aliphatic heterocycles. The zero-order chi connectivity index (χ0) is 25.1. The first kappa shape index (κ1) is 22.9. The number of aromatic nitrogens is 2.